The van der Waals surface area contributed by atoms with Crippen molar-refractivity contribution in [1.29, 1.82) is 0 Å². The highest BCUT2D eigenvalue weighted by molar-refractivity contribution is 5.75. The predicted molar refractivity (Wildman–Crippen MR) is 72.5 cm³/mol. The lowest BCUT2D eigenvalue weighted by Crippen LogP contribution is -2.54. The fourth-order valence-corrected chi connectivity index (χ4v) is 1.98. The van der Waals surface area contributed by atoms with E-state index in [0.29, 0.717) is 25.9 Å². The number of amides is 2. The van der Waals surface area contributed by atoms with Gasteiger partial charge in [-0.15, -0.1) is 0 Å². The van der Waals surface area contributed by atoms with Crippen LogP contribution in [0.5, 0.6) is 0 Å². The SMILES string of the molecule is CN(C(=O)N1CCC(OCC(=O)O)CC1)C(C)(C)CO. The lowest BCUT2D eigenvalue weighted by Gasteiger charge is -2.40. The molecular weight excluding hydrogens is 264 g/mol. The lowest BCUT2D eigenvalue weighted by molar-refractivity contribution is -0.145. The van der Waals surface area contributed by atoms with E-state index in [2.05, 4.69) is 0 Å². The normalized spacial score (nSPS) is 17.1. The van der Waals surface area contributed by atoms with Gasteiger partial charge in [-0.3, -0.25) is 0 Å². The van der Waals surface area contributed by atoms with Gasteiger partial charge in [0.2, 0.25) is 0 Å². The molecule has 1 aliphatic rings. The van der Waals surface area contributed by atoms with Gasteiger partial charge in [0.15, 0.2) is 0 Å². The van der Waals surface area contributed by atoms with Gasteiger partial charge in [-0.1, -0.05) is 0 Å². The Balaban J connectivity index is 2.45. The zero-order valence-electron chi connectivity index (χ0n) is 12.3. The molecule has 116 valence electrons. The number of carbonyl (C=O) groups is 2. The molecule has 0 atom stereocenters. The first-order valence-corrected chi connectivity index (χ1v) is 6.75. The molecule has 1 heterocycles. The van der Waals surface area contributed by atoms with Crippen molar-refractivity contribution in [3.63, 3.8) is 0 Å². The molecule has 1 aliphatic heterocycles. The van der Waals surface area contributed by atoms with E-state index in [0.717, 1.165) is 0 Å². The van der Waals surface area contributed by atoms with Crippen LogP contribution in [-0.4, -0.2) is 77.0 Å². The van der Waals surface area contributed by atoms with Gasteiger partial charge in [0.05, 0.1) is 18.2 Å². The lowest BCUT2D eigenvalue weighted by atomic mass is 10.0. The number of aliphatic hydroxyl groups is 1. The average Bonchev–Trinajstić information content (AvgIpc) is 2.44. The van der Waals surface area contributed by atoms with Crippen molar-refractivity contribution in [2.45, 2.75) is 38.3 Å². The number of aliphatic carboxylic acids is 1. The Bertz CT molecular complexity index is 351. The maximum atomic E-state index is 12.3. The van der Waals surface area contributed by atoms with Crippen molar-refractivity contribution in [2.75, 3.05) is 33.4 Å². The van der Waals surface area contributed by atoms with Gasteiger partial charge in [0.25, 0.3) is 0 Å². The van der Waals surface area contributed by atoms with Crippen molar-refractivity contribution in [3.05, 3.63) is 0 Å². The zero-order chi connectivity index (χ0) is 15.3. The van der Waals surface area contributed by atoms with E-state index in [9.17, 15) is 14.7 Å². The smallest absolute Gasteiger partial charge is 0.329 e. The maximum absolute atomic E-state index is 12.3. The van der Waals surface area contributed by atoms with Crippen LogP contribution in [0, 0.1) is 0 Å². The summed E-state index contributed by atoms with van der Waals surface area (Å²) in [7, 11) is 1.67. The van der Waals surface area contributed by atoms with Crippen LogP contribution in [0.1, 0.15) is 26.7 Å². The molecule has 0 unspecified atom stereocenters. The van der Waals surface area contributed by atoms with Gasteiger partial charge >= 0.3 is 12.0 Å². The maximum Gasteiger partial charge on any atom is 0.329 e. The molecule has 2 amide bonds. The van der Waals surface area contributed by atoms with Gasteiger partial charge < -0.3 is 24.7 Å². The Kier molecular flexibility index (Phi) is 5.76. The number of aliphatic hydroxyl groups excluding tert-OH is 1. The molecule has 1 saturated heterocycles. The second kappa shape index (κ2) is 6.90. The first-order valence-electron chi connectivity index (χ1n) is 6.75. The van der Waals surface area contributed by atoms with Gasteiger partial charge in [-0.25, -0.2) is 9.59 Å². The highest BCUT2D eigenvalue weighted by Crippen LogP contribution is 2.18. The summed E-state index contributed by atoms with van der Waals surface area (Å²) in [6, 6.07) is -0.124. The molecule has 0 aromatic heterocycles. The minimum atomic E-state index is -0.979. The Hall–Kier alpha value is -1.34. The van der Waals surface area contributed by atoms with E-state index < -0.39 is 11.5 Å². The molecule has 7 heteroatoms. The monoisotopic (exact) mass is 288 g/mol. The topological polar surface area (TPSA) is 90.3 Å². The number of ether oxygens (including phenoxy) is 1. The van der Waals surface area contributed by atoms with E-state index in [4.69, 9.17) is 9.84 Å². The predicted octanol–water partition coefficient (Wildman–Crippen LogP) is 0.375. The number of hydrogen-bond donors (Lipinski definition) is 2. The number of urea groups is 1. The van der Waals surface area contributed by atoms with Crippen molar-refractivity contribution >= 4 is 12.0 Å². The number of rotatable bonds is 5. The second-order valence-electron chi connectivity index (χ2n) is 5.70. The molecule has 0 bridgehead atoms. The van der Waals surface area contributed by atoms with Crippen molar-refractivity contribution in [3.8, 4) is 0 Å². The van der Waals surface area contributed by atoms with Gasteiger partial charge in [0, 0.05) is 20.1 Å². The number of hydrogen-bond acceptors (Lipinski definition) is 4. The molecule has 1 fully saturated rings. The quantitative estimate of drug-likeness (QED) is 0.763. The molecule has 0 aromatic rings. The van der Waals surface area contributed by atoms with Crippen LogP contribution in [0.15, 0.2) is 0 Å². The van der Waals surface area contributed by atoms with E-state index in [1.54, 1.807) is 25.8 Å². The van der Waals surface area contributed by atoms with Crippen LogP contribution in [0.4, 0.5) is 4.79 Å². The highest BCUT2D eigenvalue weighted by Gasteiger charge is 2.32. The zero-order valence-corrected chi connectivity index (χ0v) is 12.3. The summed E-state index contributed by atoms with van der Waals surface area (Å²) in [5.41, 5.74) is -0.603. The largest absolute Gasteiger partial charge is 0.480 e. The number of carboxylic acids is 1. The molecule has 20 heavy (non-hydrogen) atoms. The Morgan fingerprint density at radius 2 is 1.90 bits per heavy atom. The summed E-state index contributed by atoms with van der Waals surface area (Å²) in [5, 5.41) is 17.8. The van der Waals surface area contributed by atoms with Crippen LogP contribution in [0.2, 0.25) is 0 Å². The van der Waals surface area contributed by atoms with Crippen molar-refractivity contribution in [1.82, 2.24) is 9.80 Å². The van der Waals surface area contributed by atoms with E-state index in [-0.39, 0.29) is 25.3 Å². The van der Waals surface area contributed by atoms with Crippen LogP contribution in [0.25, 0.3) is 0 Å². The highest BCUT2D eigenvalue weighted by atomic mass is 16.5. The first kappa shape index (κ1) is 16.7. The molecule has 2 N–H and O–H groups in total. The Morgan fingerprint density at radius 1 is 1.35 bits per heavy atom. The van der Waals surface area contributed by atoms with Crippen LogP contribution >= 0.6 is 0 Å². The van der Waals surface area contributed by atoms with Gasteiger partial charge in [0.1, 0.15) is 6.61 Å². The summed E-state index contributed by atoms with van der Waals surface area (Å²) in [4.78, 5) is 25.9. The van der Waals surface area contributed by atoms with Crippen LogP contribution in [0.3, 0.4) is 0 Å². The summed E-state index contributed by atoms with van der Waals surface area (Å²) in [6.07, 6.45) is 1.16. The third-order valence-electron chi connectivity index (χ3n) is 3.74. The number of carboxylic acid groups (broad SMARTS) is 1. The standard InChI is InChI=1S/C13H24N2O5/c1-13(2,9-16)14(3)12(19)15-6-4-10(5-7-15)20-8-11(17)18/h10,16H,4-9H2,1-3H3,(H,17,18). The average molecular weight is 288 g/mol. The first-order chi connectivity index (χ1) is 9.27. The fourth-order valence-electron chi connectivity index (χ4n) is 1.98. The van der Waals surface area contributed by atoms with Gasteiger partial charge in [-0.05, 0) is 26.7 Å². The Labute approximate surface area is 119 Å². The van der Waals surface area contributed by atoms with Crippen molar-refractivity contribution < 1.29 is 24.5 Å². The molecule has 0 radical (unpaired) electrons. The van der Waals surface area contributed by atoms with Crippen molar-refractivity contribution in [2.24, 2.45) is 0 Å². The molecule has 1 rings (SSSR count). The van der Waals surface area contributed by atoms with Gasteiger partial charge in [-0.2, -0.15) is 0 Å². The molecular formula is C13H24N2O5. The summed E-state index contributed by atoms with van der Waals surface area (Å²) in [5.74, 6) is -0.979. The third kappa shape index (κ3) is 4.35. The van der Waals surface area contributed by atoms with E-state index >= 15 is 0 Å². The fraction of sp³-hybridized carbons (Fsp3) is 0.846. The second-order valence-corrected chi connectivity index (χ2v) is 5.70. The number of carbonyl (C=O) groups excluding carboxylic acids is 1. The van der Waals surface area contributed by atoms with E-state index in [1.165, 1.54) is 4.90 Å². The summed E-state index contributed by atoms with van der Waals surface area (Å²) in [6.45, 7) is 4.27. The molecule has 0 saturated carbocycles. The summed E-state index contributed by atoms with van der Waals surface area (Å²) >= 11 is 0. The summed E-state index contributed by atoms with van der Waals surface area (Å²) < 4.78 is 5.23. The minimum Gasteiger partial charge on any atom is -0.480 e. The third-order valence-corrected chi connectivity index (χ3v) is 3.74. The number of likely N-dealkylation sites (tertiary alicyclic amines) is 1. The number of likely N-dealkylation sites (N-methyl/N-ethyl adjacent to an activating group) is 1. The molecule has 0 spiro atoms. The van der Waals surface area contributed by atoms with Crippen LogP contribution in [-0.2, 0) is 9.53 Å². The molecule has 7 nitrogen and oxygen atoms in total. The number of nitrogens with zero attached hydrogens (tertiary/aromatic N) is 2. The van der Waals surface area contributed by atoms with Crippen LogP contribution < -0.4 is 0 Å². The molecule has 0 aromatic carbocycles. The number of piperidine rings is 1. The minimum absolute atomic E-state index is 0.104. The Morgan fingerprint density at radius 3 is 2.35 bits per heavy atom. The molecule has 0 aliphatic carbocycles. The van der Waals surface area contributed by atoms with E-state index in [1.807, 2.05) is 0 Å².